The predicted molar refractivity (Wildman–Crippen MR) is 48.0 cm³/mol. The molecule has 0 aromatic heterocycles. The van der Waals surface area contributed by atoms with E-state index < -0.39 is 0 Å². The van der Waals surface area contributed by atoms with Crippen molar-refractivity contribution in [1.82, 2.24) is 0 Å². The minimum absolute atomic E-state index is 0. The van der Waals surface area contributed by atoms with Gasteiger partial charge in [0, 0.05) is 0 Å². The van der Waals surface area contributed by atoms with Gasteiger partial charge in [0.15, 0.2) is 0 Å². The molecule has 0 N–H and O–H groups in total. The summed E-state index contributed by atoms with van der Waals surface area (Å²) in [4.78, 5) is 0. The standard InChI is InChI=1S/C10H21.Cs/c1-3-5-7-9-10-8-6-4-2;/h1,3-10H2,2H3;/q-1;+1. The molecule has 0 rings (SSSR count). The van der Waals surface area contributed by atoms with E-state index in [2.05, 4.69) is 13.8 Å². The molecule has 0 aliphatic rings. The van der Waals surface area contributed by atoms with Crippen LogP contribution < -0.4 is 68.9 Å². The van der Waals surface area contributed by atoms with Crippen molar-refractivity contribution in [2.45, 2.75) is 58.3 Å². The molecule has 0 saturated heterocycles. The van der Waals surface area contributed by atoms with Gasteiger partial charge in [-0.1, -0.05) is 51.9 Å². The number of hydrogen-bond acceptors (Lipinski definition) is 0. The number of hydrogen-bond donors (Lipinski definition) is 0. The zero-order chi connectivity index (χ0) is 7.66. The van der Waals surface area contributed by atoms with Crippen LogP contribution >= 0.6 is 0 Å². The van der Waals surface area contributed by atoms with Crippen LogP contribution in [-0.4, -0.2) is 0 Å². The van der Waals surface area contributed by atoms with Gasteiger partial charge in [0.05, 0.1) is 0 Å². The van der Waals surface area contributed by atoms with Crippen molar-refractivity contribution >= 4 is 0 Å². The number of unbranched alkanes of at least 4 members (excludes halogenated alkanes) is 7. The largest absolute Gasteiger partial charge is 1.00 e. The van der Waals surface area contributed by atoms with Gasteiger partial charge in [0.25, 0.3) is 0 Å². The molecule has 0 heterocycles. The summed E-state index contributed by atoms with van der Waals surface area (Å²) >= 11 is 0. The molecule has 0 amide bonds. The molecule has 0 fully saturated rings. The van der Waals surface area contributed by atoms with Gasteiger partial charge >= 0.3 is 68.9 Å². The van der Waals surface area contributed by atoms with Crippen molar-refractivity contribution in [3.05, 3.63) is 6.92 Å². The van der Waals surface area contributed by atoms with Crippen molar-refractivity contribution in [2.75, 3.05) is 0 Å². The Labute approximate surface area is 131 Å². The second kappa shape index (κ2) is 14.6. The fourth-order valence-electron chi connectivity index (χ4n) is 1.13. The third-order valence-corrected chi connectivity index (χ3v) is 1.85. The third kappa shape index (κ3) is 14.9. The van der Waals surface area contributed by atoms with Gasteiger partial charge in [0.1, 0.15) is 0 Å². The zero-order valence-corrected chi connectivity index (χ0v) is 14.6. The van der Waals surface area contributed by atoms with Gasteiger partial charge in [-0.15, -0.1) is 0 Å². The second-order valence-electron chi connectivity index (χ2n) is 2.97. The van der Waals surface area contributed by atoms with E-state index in [0.717, 1.165) is 6.42 Å². The fraction of sp³-hybridized carbons (Fsp3) is 0.900. The van der Waals surface area contributed by atoms with E-state index in [0.29, 0.717) is 0 Å². The zero-order valence-electron chi connectivity index (χ0n) is 8.36. The molecule has 0 radical (unpaired) electrons. The summed E-state index contributed by atoms with van der Waals surface area (Å²) < 4.78 is 0. The molecule has 0 atom stereocenters. The maximum Gasteiger partial charge on any atom is 1.00 e. The molecule has 0 nitrogen and oxygen atoms in total. The molecule has 0 aliphatic carbocycles. The van der Waals surface area contributed by atoms with E-state index >= 15 is 0 Å². The topological polar surface area (TPSA) is 0 Å². The summed E-state index contributed by atoms with van der Waals surface area (Å²) in [7, 11) is 0. The van der Waals surface area contributed by atoms with Crippen LogP contribution in [0.25, 0.3) is 0 Å². The van der Waals surface area contributed by atoms with Gasteiger partial charge < -0.3 is 6.92 Å². The smallest absolute Gasteiger partial charge is 0.343 e. The van der Waals surface area contributed by atoms with E-state index in [1.54, 1.807) is 0 Å². The van der Waals surface area contributed by atoms with Crippen LogP contribution in [0.1, 0.15) is 58.3 Å². The second-order valence-corrected chi connectivity index (χ2v) is 2.97. The average molecular weight is 274 g/mol. The third-order valence-electron chi connectivity index (χ3n) is 1.85. The van der Waals surface area contributed by atoms with Crippen molar-refractivity contribution < 1.29 is 68.9 Å². The first-order chi connectivity index (χ1) is 4.91. The van der Waals surface area contributed by atoms with Crippen LogP contribution in [0.2, 0.25) is 0 Å². The quantitative estimate of drug-likeness (QED) is 0.479. The Morgan fingerprint density at radius 1 is 0.818 bits per heavy atom. The predicted octanol–water partition coefficient (Wildman–Crippen LogP) is 0.965. The molecule has 0 spiro atoms. The molecule has 0 unspecified atom stereocenters. The Balaban J connectivity index is 0. The maximum absolute atomic E-state index is 3.82. The van der Waals surface area contributed by atoms with Crippen LogP contribution in [-0.2, 0) is 0 Å². The Kier molecular flexibility index (Phi) is 20.6. The van der Waals surface area contributed by atoms with Crippen LogP contribution in [0.3, 0.4) is 0 Å². The summed E-state index contributed by atoms with van der Waals surface area (Å²) in [5.41, 5.74) is 0. The van der Waals surface area contributed by atoms with Gasteiger partial charge in [0.2, 0.25) is 0 Å². The normalized spacial score (nSPS) is 9.27. The Morgan fingerprint density at radius 3 is 1.73 bits per heavy atom. The molecule has 0 bridgehead atoms. The van der Waals surface area contributed by atoms with Crippen molar-refractivity contribution in [2.24, 2.45) is 0 Å². The minimum atomic E-state index is 0. The van der Waals surface area contributed by atoms with E-state index in [-0.39, 0.29) is 68.9 Å². The molecule has 62 valence electrons. The van der Waals surface area contributed by atoms with Gasteiger partial charge in [-0.2, -0.15) is 6.42 Å². The maximum atomic E-state index is 3.82. The van der Waals surface area contributed by atoms with Crippen LogP contribution in [0.5, 0.6) is 0 Å². The minimum Gasteiger partial charge on any atom is -0.343 e. The molecular weight excluding hydrogens is 253 g/mol. The Morgan fingerprint density at radius 2 is 1.27 bits per heavy atom. The Bertz CT molecular complexity index is 44.8. The fourth-order valence-corrected chi connectivity index (χ4v) is 1.13. The van der Waals surface area contributed by atoms with Crippen molar-refractivity contribution in [3.63, 3.8) is 0 Å². The van der Waals surface area contributed by atoms with E-state index in [9.17, 15) is 0 Å². The molecule has 1 heteroatoms. The first-order valence-electron chi connectivity index (χ1n) is 4.71. The molecule has 0 aromatic carbocycles. The van der Waals surface area contributed by atoms with Crippen LogP contribution in [0.15, 0.2) is 0 Å². The Hall–Kier alpha value is 2.05. The molecule has 11 heavy (non-hydrogen) atoms. The molecule has 0 aromatic rings. The first-order valence-corrected chi connectivity index (χ1v) is 4.71. The number of rotatable bonds is 7. The van der Waals surface area contributed by atoms with Crippen molar-refractivity contribution in [3.8, 4) is 0 Å². The summed E-state index contributed by atoms with van der Waals surface area (Å²) in [5, 5.41) is 0. The van der Waals surface area contributed by atoms with Crippen molar-refractivity contribution in [1.29, 1.82) is 0 Å². The van der Waals surface area contributed by atoms with Crippen LogP contribution in [0.4, 0.5) is 0 Å². The summed E-state index contributed by atoms with van der Waals surface area (Å²) in [5.74, 6) is 0. The van der Waals surface area contributed by atoms with Gasteiger partial charge in [-0.3, -0.25) is 0 Å². The summed E-state index contributed by atoms with van der Waals surface area (Å²) in [6.07, 6.45) is 10.9. The summed E-state index contributed by atoms with van der Waals surface area (Å²) in [6, 6.07) is 0. The molecule has 0 aliphatic heterocycles. The summed E-state index contributed by atoms with van der Waals surface area (Å²) in [6.45, 7) is 6.08. The van der Waals surface area contributed by atoms with Crippen LogP contribution in [0, 0.1) is 6.92 Å². The molecular formula is C10H21Cs. The van der Waals surface area contributed by atoms with Gasteiger partial charge in [-0.25, -0.2) is 0 Å². The van der Waals surface area contributed by atoms with E-state index in [1.165, 1.54) is 44.9 Å². The monoisotopic (exact) mass is 274 g/mol. The molecule has 0 saturated carbocycles. The SMILES string of the molecule is [CH2-]CCCCCCCCC.[Cs+]. The van der Waals surface area contributed by atoms with Gasteiger partial charge in [-0.05, 0) is 0 Å². The van der Waals surface area contributed by atoms with E-state index in [4.69, 9.17) is 0 Å². The first kappa shape index (κ1) is 15.5. The van der Waals surface area contributed by atoms with E-state index in [1.807, 2.05) is 0 Å². The average Bonchev–Trinajstić information content (AvgIpc) is 1.97.